The van der Waals surface area contributed by atoms with Crippen molar-refractivity contribution < 1.29 is 13.9 Å². The number of benzene rings is 1. The average molecular weight is 520 g/mol. The third-order valence-electron chi connectivity index (χ3n) is 6.96. The molecule has 1 saturated heterocycles. The van der Waals surface area contributed by atoms with Crippen molar-refractivity contribution in [3.63, 3.8) is 0 Å². The van der Waals surface area contributed by atoms with Gasteiger partial charge in [-0.3, -0.25) is 4.79 Å². The lowest BCUT2D eigenvalue weighted by molar-refractivity contribution is -0.114. The number of anilines is 1. The summed E-state index contributed by atoms with van der Waals surface area (Å²) in [5.74, 6) is -0.701. The van der Waals surface area contributed by atoms with Gasteiger partial charge in [0, 0.05) is 21.6 Å². The molecule has 2 aliphatic rings. The van der Waals surface area contributed by atoms with E-state index in [1.807, 2.05) is 6.08 Å². The number of allylic oxidation sites excluding steroid dienone is 3. The molecular weight excluding hydrogens is 492 g/mol. The molecule has 1 aromatic heterocycles. The molecule has 0 radical (unpaired) electrons. The fourth-order valence-corrected chi connectivity index (χ4v) is 5.64. The normalized spacial score (nSPS) is 22.0. The number of hydrogen-bond donors (Lipinski definition) is 2. The zero-order valence-corrected chi connectivity index (χ0v) is 21.1. The highest BCUT2D eigenvalue weighted by Gasteiger charge is 2.43. The first-order valence-corrected chi connectivity index (χ1v) is 12.2. The molecule has 0 spiro atoms. The van der Waals surface area contributed by atoms with E-state index in [2.05, 4.69) is 23.0 Å². The van der Waals surface area contributed by atoms with Crippen molar-refractivity contribution in [2.75, 3.05) is 25.9 Å². The maximum absolute atomic E-state index is 14.1. The zero-order chi connectivity index (χ0) is 25.3. The number of nitrogens with two attached hydrogens (primary N) is 2. The summed E-state index contributed by atoms with van der Waals surface area (Å²) in [5, 5.41) is 0.141. The maximum Gasteiger partial charge on any atom is 0.258 e. The molecule has 2 atom stereocenters. The minimum Gasteiger partial charge on any atom is -0.467 e. The summed E-state index contributed by atoms with van der Waals surface area (Å²) in [4.78, 5) is 23.5. The van der Waals surface area contributed by atoms with Gasteiger partial charge in [-0.1, -0.05) is 41.4 Å². The van der Waals surface area contributed by atoms with E-state index < -0.39 is 23.2 Å². The molecule has 0 bridgehead atoms. The van der Waals surface area contributed by atoms with E-state index in [0.717, 1.165) is 25.9 Å². The van der Waals surface area contributed by atoms with Crippen molar-refractivity contribution >= 4 is 34.9 Å². The predicted octanol–water partition coefficient (Wildman–Crippen LogP) is 4.60. The van der Waals surface area contributed by atoms with Crippen molar-refractivity contribution in [3.8, 4) is 5.88 Å². The molecule has 10 heteroatoms. The van der Waals surface area contributed by atoms with Gasteiger partial charge in [0.2, 0.25) is 5.91 Å². The van der Waals surface area contributed by atoms with Crippen LogP contribution in [0.25, 0.3) is 0 Å². The first-order chi connectivity index (χ1) is 16.6. The standard InChI is InChI=1S/C25H28Cl2FN5O2/c1-14(20-17(26)5-6-18(28)21(20)27)35-24-22(29)31-13-19(32-24)25(16-7-10-33(2)11-8-16)9-3-4-15(12-25)23(30)34/h3-6,9,13-14,16H,7-8,10-12H2,1-2H3,(H2,29,31)(H2,30,34). The molecule has 35 heavy (non-hydrogen) atoms. The Labute approximate surface area is 213 Å². The number of aromatic nitrogens is 2. The monoisotopic (exact) mass is 519 g/mol. The van der Waals surface area contributed by atoms with Crippen molar-refractivity contribution in [1.82, 2.24) is 14.9 Å². The molecule has 4 N–H and O–H groups in total. The van der Waals surface area contributed by atoms with Gasteiger partial charge >= 0.3 is 0 Å². The second-order valence-corrected chi connectivity index (χ2v) is 9.96. The molecule has 7 nitrogen and oxygen atoms in total. The molecular formula is C25H28Cl2FN5O2. The topological polar surface area (TPSA) is 107 Å². The predicted molar refractivity (Wildman–Crippen MR) is 135 cm³/mol. The Morgan fingerprint density at radius 3 is 2.71 bits per heavy atom. The minimum atomic E-state index is -0.750. The molecule has 186 valence electrons. The highest BCUT2D eigenvalue weighted by molar-refractivity contribution is 6.36. The number of carbonyl (C=O) groups is 1. The number of likely N-dealkylation sites (tertiary alicyclic amines) is 1. The van der Waals surface area contributed by atoms with E-state index in [-0.39, 0.29) is 27.7 Å². The summed E-state index contributed by atoms with van der Waals surface area (Å²) in [5.41, 5.74) is 12.6. The first kappa shape index (κ1) is 25.4. The Morgan fingerprint density at radius 2 is 2.03 bits per heavy atom. The lowest BCUT2D eigenvalue weighted by Gasteiger charge is -2.43. The molecule has 1 aliphatic heterocycles. The van der Waals surface area contributed by atoms with Gasteiger partial charge in [0.1, 0.15) is 11.9 Å². The van der Waals surface area contributed by atoms with Crippen LogP contribution in [0.1, 0.15) is 43.5 Å². The molecule has 2 heterocycles. The van der Waals surface area contributed by atoms with Crippen molar-refractivity contribution in [2.24, 2.45) is 11.7 Å². The molecule has 1 amide bonds. The molecule has 1 aliphatic carbocycles. The molecule has 1 aromatic carbocycles. The second kappa shape index (κ2) is 10.1. The van der Waals surface area contributed by atoms with Crippen molar-refractivity contribution in [1.29, 1.82) is 0 Å². The quantitative estimate of drug-likeness (QED) is 0.540. The summed E-state index contributed by atoms with van der Waals surface area (Å²) in [6.45, 7) is 3.53. The van der Waals surface area contributed by atoms with Crippen LogP contribution in [0.15, 0.2) is 42.1 Å². The van der Waals surface area contributed by atoms with Crippen LogP contribution in [0.3, 0.4) is 0 Å². The van der Waals surface area contributed by atoms with Crippen molar-refractivity contribution in [3.05, 3.63) is 69.3 Å². The smallest absolute Gasteiger partial charge is 0.258 e. The van der Waals surface area contributed by atoms with Crippen LogP contribution in [0, 0.1) is 11.7 Å². The fraction of sp³-hybridized carbons (Fsp3) is 0.400. The number of piperidine rings is 1. The van der Waals surface area contributed by atoms with E-state index in [9.17, 15) is 9.18 Å². The summed E-state index contributed by atoms with van der Waals surface area (Å²) in [7, 11) is 2.09. The number of nitrogens with zero attached hydrogens (tertiary/aromatic N) is 3. The number of nitrogen functional groups attached to an aromatic ring is 1. The molecule has 1 fully saturated rings. The summed E-state index contributed by atoms with van der Waals surface area (Å²) < 4.78 is 20.1. The SMILES string of the molecule is CC(Oc1nc(C2(C3CCN(C)CC3)C=CC=C(C(N)=O)C2)cnc1N)c1c(Cl)ccc(F)c1Cl. The zero-order valence-electron chi connectivity index (χ0n) is 19.6. The lowest BCUT2D eigenvalue weighted by Crippen LogP contribution is -2.43. The van der Waals surface area contributed by atoms with Crippen LogP contribution >= 0.6 is 23.2 Å². The van der Waals surface area contributed by atoms with Gasteiger partial charge in [-0.15, -0.1) is 0 Å². The fourth-order valence-electron chi connectivity index (χ4n) is 4.96. The highest BCUT2D eigenvalue weighted by Crippen LogP contribution is 2.46. The summed E-state index contributed by atoms with van der Waals surface area (Å²) >= 11 is 12.4. The highest BCUT2D eigenvalue weighted by atomic mass is 35.5. The number of primary amides is 1. The van der Waals surface area contributed by atoms with Crippen molar-refractivity contribution in [2.45, 2.75) is 37.7 Å². The number of carbonyl (C=O) groups excluding carboxylic acids is 1. The average Bonchev–Trinajstić information content (AvgIpc) is 2.83. The van der Waals surface area contributed by atoms with Gasteiger partial charge in [0.05, 0.1) is 16.9 Å². The number of ether oxygens (including phenoxy) is 1. The number of hydrogen-bond acceptors (Lipinski definition) is 6. The summed E-state index contributed by atoms with van der Waals surface area (Å²) in [6.07, 6.45) is 8.79. The van der Waals surface area contributed by atoms with Gasteiger partial charge in [-0.05, 0) is 64.4 Å². The summed E-state index contributed by atoms with van der Waals surface area (Å²) in [6, 6.07) is 2.61. The number of halogens is 3. The van der Waals surface area contributed by atoms with Gasteiger partial charge in [0.15, 0.2) is 5.82 Å². The van der Waals surface area contributed by atoms with E-state index in [1.54, 1.807) is 19.2 Å². The molecule has 4 rings (SSSR count). The van der Waals surface area contributed by atoms with E-state index in [1.165, 1.54) is 12.1 Å². The van der Waals surface area contributed by atoms with Gasteiger partial charge in [-0.2, -0.15) is 0 Å². The van der Waals surface area contributed by atoms with Crippen LogP contribution in [-0.4, -0.2) is 40.9 Å². The van der Waals surface area contributed by atoms with E-state index >= 15 is 0 Å². The van der Waals surface area contributed by atoms with E-state index in [0.29, 0.717) is 23.3 Å². The lowest BCUT2D eigenvalue weighted by atomic mass is 9.64. The number of rotatable bonds is 6. The van der Waals surface area contributed by atoms with E-state index in [4.69, 9.17) is 44.4 Å². The Balaban J connectivity index is 1.73. The minimum absolute atomic E-state index is 0.0771. The second-order valence-electron chi connectivity index (χ2n) is 9.17. The molecule has 2 aromatic rings. The van der Waals surface area contributed by atoms with Crippen LogP contribution < -0.4 is 16.2 Å². The van der Waals surface area contributed by atoms with Crippen LogP contribution in [0.4, 0.5) is 10.2 Å². The first-order valence-electron chi connectivity index (χ1n) is 11.4. The van der Waals surface area contributed by atoms with Crippen LogP contribution in [0.2, 0.25) is 10.0 Å². The van der Waals surface area contributed by atoms with Gasteiger partial charge < -0.3 is 21.1 Å². The van der Waals surface area contributed by atoms with Gasteiger partial charge in [-0.25, -0.2) is 14.4 Å². The Bertz CT molecular complexity index is 1200. The molecule has 0 saturated carbocycles. The van der Waals surface area contributed by atoms with Gasteiger partial charge in [0.25, 0.3) is 5.88 Å². The maximum atomic E-state index is 14.1. The molecule has 2 unspecified atom stereocenters. The van der Waals surface area contributed by atoms with Crippen LogP contribution in [0.5, 0.6) is 5.88 Å². The largest absolute Gasteiger partial charge is 0.467 e. The Morgan fingerprint density at radius 1 is 1.31 bits per heavy atom. The third kappa shape index (κ3) is 5.01. The number of amides is 1. The Kier molecular flexibility index (Phi) is 7.35. The van der Waals surface area contributed by atoms with Crippen LogP contribution in [-0.2, 0) is 10.2 Å². The third-order valence-corrected chi connectivity index (χ3v) is 7.67. The Hall–Kier alpha value is -2.68.